The van der Waals surface area contributed by atoms with Crippen molar-refractivity contribution >= 4 is 11.7 Å². The second kappa shape index (κ2) is 5.93. The van der Waals surface area contributed by atoms with Crippen molar-refractivity contribution in [1.29, 1.82) is 5.26 Å². The molecule has 1 saturated heterocycles. The molecule has 3 rings (SSSR count). The Morgan fingerprint density at radius 1 is 1.45 bits per heavy atom. The predicted octanol–water partition coefficient (Wildman–Crippen LogP) is 1.74. The normalized spacial score (nSPS) is 24.7. The molecule has 2 heterocycles. The van der Waals surface area contributed by atoms with Crippen LogP contribution in [0.15, 0.2) is 12.1 Å². The number of nitrogens with zero attached hydrogens (tertiary/aromatic N) is 3. The van der Waals surface area contributed by atoms with Crippen molar-refractivity contribution in [3.63, 3.8) is 0 Å². The third-order valence-electron chi connectivity index (χ3n) is 4.15. The fourth-order valence-electron chi connectivity index (χ4n) is 2.92. The molecule has 116 valence electrons. The van der Waals surface area contributed by atoms with Gasteiger partial charge in [-0.2, -0.15) is 5.26 Å². The first-order valence-corrected chi connectivity index (χ1v) is 7.52. The molecule has 2 fully saturated rings. The molecule has 0 N–H and O–H groups in total. The molecule has 22 heavy (non-hydrogen) atoms. The molecule has 2 aliphatic rings. The van der Waals surface area contributed by atoms with E-state index in [0.29, 0.717) is 5.92 Å². The van der Waals surface area contributed by atoms with Gasteiger partial charge in [-0.25, -0.2) is 9.78 Å². The van der Waals surface area contributed by atoms with Crippen LogP contribution in [0.1, 0.15) is 35.9 Å². The third kappa shape index (κ3) is 2.90. The van der Waals surface area contributed by atoms with Gasteiger partial charge in [0.05, 0.1) is 25.0 Å². The fourth-order valence-corrected chi connectivity index (χ4v) is 2.92. The molecule has 1 aromatic heterocycles. The minimum Gasteiger partial charge on any atom is -0.464 e. The first-order valence-electron chi connectivity index (χ1n) is 7.52. The van der Waals surface area contributed by atoms with Crippen molar-refractivity contribution in [1.82, 2.24) is 4.98 Å². The summed E-state index contributed by atoms with van der Waals surface area (Å²) in [6.07, 6.45) is 2.77. The molecule has 6 heteroatoms. The van der Waals surface area contributed by atoms with E-state index in [1.165, 1.54) is 20.0 Å². The SMILES string of the molecule is COC(=O)c1ccc(N2C[C@H](C)O[C@@H](C3CC3)C2)c(C#N)n1. The van der Waals surface area contributed by atoms with Crippen molar-refractivity contribution in [2.24, 2.45) is 5.92 Å². The molecular weight excluding hydrogens is 282 g/mol. The minimum atomic E-state index is -0.533. The number of hydrogen-bond donors (Lipinski definition) is 0. The average Bonchev–Trinajstić information content (AvgIpc) is 3.37. The zero-order chi connectivity index (χ0) is 15.7. The monoisotopic (exact) mass is 301 g/mol. The molecule has 0 radical (unpaired) electrons. The van der Waals surface area contributed by atoms with E-state index in [2.05, 4.69) is 20.7 Å². The van der Waals surface area contributed by atoms with E-state index < -0.39 is 5.97 Å². The van der Waals surface area contributed by atoms with Crippen molar-refractivity contribution < 1.29 is 14.3 Å². The average molecular weight is 301 g/mol. The van der Waals surface area contributed by atoms with Gasteiger partial charge in [0.15, 0.2) is 5.69 Å². The van der Waals surface area contributed by atoms with Crippen LogP contribution in [0.25, 0.3) is 0 Å². The van der Waals surface area contributed by atoms with Gasteiger partial charge in [-0.3, -0.25) is 0 Å². The maximum Gasteiger partial charge on any atom is 0.356 e. The summed E-state index contributed by atoms with van der Waals surface area (Å²) in [6, 6.07) is 5.47. The van der Waals surface area contributed by atoms with Crippen LogP contribution in [0.4, 0.5) is 5.69 Å². The van der Waals surface area contributed by atoms with Gasteiger partial charge in [-0.05, 0) is 37.8 Å². The molecule has 1 aliphatic carbocycles. The number of anilines is 1. The summed E-state index contributed by atoms with van der Waals surface area (Å²) < 4.78 is 10.6. The van der Waals surface area contributed by atoms with Crippen molar-refractivity contribution in [2.75, 3.05) is 25.1 Å². The number of methoxy groups -OCH3 is 1. The highest BCUT2D eigenvalue weighted by molar-refractivity contribution is 5.87. The van der Waals surface area contributed by atoms with Crippen LogP contribution >= 0.6 is 0 Å². The minimum absolute atomic E-state index is 0.117. The molecule has 0 aromatic carbocycles. The quantitative estimate of drug-likeness (QED) is 0.792. The van der Waals surface area contributed by atoms with Crippen LogP contribution in [-0.2, 0) is 9.47 Å². The maximum atomic E-state index is 11.5. The van der Waals surface area contributed by atoms with Crippen molar-refractivity contribution in [3.05, 3.63) is 23.5 Å². The van der Waals surface area contributed by atoms with Crippen LogP contribution in [0, 0.1) is 17.2 Å². The van der Waals surface area contributed by atoms with Gasteiger partial charge in [0.1, 0.15) is 11.8 Å². The highest BCUT2D eigenvalue weighted by atomic mass is 16.5. The van der Waals surface area contributed by atoms with Gasteiger partial charge in [0.25, 0.3) is 0 Å². The maximum absolute atomic E-state index is 11.5. The Balaban J connectivity index is 1.86. The number of morpholine rings is 1. The first kappa shape index (κ1) is 14.8. The van der Waals surface area contributed by atoms with Gasteiger partial charge in [-0.15, -0.1) is 0 Å². The van der Waals surface area contributed by atoms with E-state index in [9.17, 15) is 10.1 Å². The zero-order valence-electron chi connectivity index (χ0n) is 12.8. The van der Waals surface area contributed by atoms with Crippen molar-refractivity contribution in [3.8, 4) is 6.07 Å². The summed E-state index contributed by atoms with van der Waals surface area (Å²) in [5, 5.41) is 9.36. The van der Waals surface area contributed by atoms with Crippen LogP contribution in [-0.4, -0.2) is 43.4 Å². The number of pyridine rings is 1. The van der Waals surface area contributed by atoms with Gasteiger partial charge in [0, 0.05) is 13.1 Å². The molecule has 1 saturated carbocycles. The number of esters is 1. The molecule has 1 aliphatic heterocycles. The van der Waals surface area contributed by atoms with Crippen molar-refractivity contribution in [2.45, 2.75) is 32.0 Å². The lowest BCUT2D eigenvalue weighted by Crippen LogP contribution is -2.47. The van der Waals surface area contributed by atoms with E-state index in [-0.39, 0.29) is 23.6 Å². The lowest BCUT2D eigenvalue weighted by Gasteiger charge is -2.38. The van der Waals surface area contributed by atoms with E-state index >= 15 is 0 Å². The molecule has 0 spiro atoms. The Morgan fingerprint density at radius 3 is 2.86 bits per heavy atom. The summed E-state index contributed by atoms with van der Waals surface area (Å²) in [5.41, 5.74) is 1.17. The first-order chi connectivity index (χ1) is 10.6. The fraction of sp³-hybridized carbons (Fsp3) is 0.562. The Morgan fingerprint density at radius 2 is 2.23 bits per heavy atom. The number of hydrogen-bond acceptors (Lipinski definition) is 6. The van der Waals surface area contributed by atoms with E-state index in [1.54, 1.807) is 12.1 Å². The number of ether oxygens (including phenoxy) is 2. The molecule has 0 bridgehead atoms. The van der Waals surface area contributed by atoms with Crippen LogP contribution in [0.3, 0.4) is 0 Å². The van der Waals surface area contributed by atoms with Crippen LogP contribution in [0.5, 0.6) is 0 Å². The van der Waals surface area contributed by atoms with E-state index in [4.69, 9.17) is 4.74 Å². The Kier molecular flexibility index (Phi) is 3.99. The number of carbonyl (C=O) groups is 1. The molecule has 6 nitrogen and oxygen atoms in total. The molecule has 0 unspecified atom stereocenters. The summed E-state index contributed by atoms with van der Waals surface area (Å²) in [5.74, 6) is 0.104. The van der Waals surface area contributed by atoms with Gasteiger partial charge < -0.3 is 14.4 Å². The zero-order valence-corrected chi connectivity index (χ0v) is 12.8. The van der Waals surface area contributed by atoms with Gasteiger partial charge in [0.2, 0.25) is 0 Å². The molecular formula is C16H19N3O3. The smallest absolute Gasteiger partial charge is 0.356 e. The van der Waals surface area contributed by atoms with Crippen LogP contribution < -0.4 is 4.90 Å². The van der Waals surface area contributed by atoms with Gasteiger partial charge in [-0.1, -0.05) is 0 Å². The number of rotatable bonds is 3. The largest absolute Gasteiger partial charge is 0.464 e. The second-order valence-electron chi connectivity index (χ2n) is 5.90. The Hall–Kier alpha value is -2.13. The topological polar surface area (TPSA) is 75.4 Å². The Bertz CT molecular complexity index is 622. The Labute approximate surface area is 129 Å². The van der Waals surface area contributed by atoms with E-state index in [0.717, 1.165) is 18.8 Å². The number of carbonyl (C=O) groups excluding carboxylic acids is 1. The highest BCUT2D eigenvalue weighted by Gasteiger charge is 2.37. The summed E-state index contributed by atoms with van der Waals surface area (Å²) >= 11 is 0. The lowest BCUT2D eigenvalue weighted by atomic mass is 10.1. The predicted molar refractivity (Wildman–Crippen MR) is 79.6 cm³/mol. The molecule has 1 aromatic rings. The second-order valence-corrected chi connectivity index (χ2v) is 5.90. The number of nitriles is 1. The van der Waals surface area contributed by atoms with Gasteiger partial charge >= 0.3 is 5.97 Å². The van der Waals surface area contributed by atoms with Crippen LogP contribution in [0.2, 0.25) is 0 Å². The highest BCUT2D eigenvalue weighted by Crippen LogP contribution is 2.37. The van der Waals surface area contributed by atoms with E-state index in [1.807, 2.05) is 6.92 Å². The summed E-state index contributed by atoms with van der Waals surface area (Å²) in [4.78, 5) is 17.8. The molecule has 2 atom stereocenters. The number of aromatic nitrogens is 1. The third-order valence-corrected chi connectivity index (χ3v) is 4.15. The standard InChI is InChI=1S/C16H19N3O3/c1-10-8-19(9-15(22-10)11-3-4-11)14-6-5-12(16(20)21-2)18-13(14)7-17/h5-6,10-11,15H,3-4,8-9H2,1-2H3/t10-,15+/m0/s1. The summed E-state index contributed by atoms with van der Waals surface area (Å²) in [7, 11) is 1.30. The lowest BCUT2D eigenvalue weighted by molar-refractivity contribution is -0.0271. The summed E-state index contributed by atoms with van der Waals surface area (Å²) in [6.45, 7) is 3.53. The molecule has 0 amide bonds.